The maximum absolute atomic E-state index is 10.5. The summed E-state index contributed by atoms with van der Waals surface area (Å²) >= 11 is 3.43. The first-order valence-electron chi connectivity index (χ1n) is 6.82. The van der Waals surface area contributed by atoms with Crippen LogP contribution in [0.2, 0.25) is 0 Å². The van der Waals surface area contributed by atoms with Gasteiger partial charge in [-0.1, -0.05) is 28.1 Å². The van der Waals surface area contributed by atoms with E-state index in [0.29, 0.717) is 6.42 Å². The zero-order chi connectivity index (χ0) is 14.3. The second-order valence-electron chi connectivity index (χ2n) is 6.67. The smallest absolute Gasteiger partial charge is 0.0687 e. The summed E-state index contributed by atoms with van der Waals surface area (Å²) in [5.74, 6) is 0.172. The molecule has 1 saturated heterocycles. The van der Waals surface area contributed by atoms with E-state index in [-0.39, 0.29) is 23.2 Å². The Labute approximate surface area is 124 Å². The molecule has 0 aromatic heterocycles. The van der Waals surface area contributed by atoms with Gasteiger partial charge < -0.3 is 9.84 Å². The van der Waals surface area contributed by atoms with Crippen LogP contribution in [0.5, 0.6) is 0 Å². The van der Waals surface area contributed by atoms with E-state index in [0.717, 1.165) is 16.5 Å². The van der Waals surface area contributed by atoms with Gasteiger partial charge in [-0.25, -0.2) is 0 Å². The van der Waals surface area contributed by atoms with Crippen molar-refractivity contribution in [2.45, 2.75) is 57.8 Å². The Balaban J connectivity index is 2.07. The van der Waals surface area contributed by atoms with E-state index in [1.807, 2.05) is 12.1 Å². The fraction of sp³-hybridized carbons (Fsp3) is 0.625. The van der Waals surface area contributed by atoms with Gasteiger partial charge in [-0.15, -0.1) is 0 Å². The number of rotatable bonds is 3. The Kier molecular flexibility index (Phi) is 4.10. The molecule has 0 aliphatic carbocycles. The highest BCUT2D eigenvalue weighted by Crippen LogP contribution is 2.44. The number of hydrogen-bond donors (Lipinski definition) is 1. The molecule has 3 heteroatoms. The van der Waals surface area contributed by atoms with Gasteiger partial charge in [0.15, 0.2) is 0 Å². The lowest BCUT2D eigenvalue weighted by Gasteiger charge is -2.30. The highest BCUT2D eigenvalue weighted by Gasteiger charge is 2.48. The maximum atomic E-state index is 10.5. The van der Waals surface area contributed by atoms with Crippen molar-refractivity contribution < 1.29 is 9.84 Å². The molecule has 1 N–H and O–H groups in total. The van der Waals surface area contributed by atoms with E-state index in [1.165, 1.54) is 0 Å². The topological polar surface area (TPSA) is 29.5 Å². The Bertz CT molecular complexity index is 437. The zero-order valence-corrected chi connectivity index (χ0v) is 13.7. The van der Waals surface area contributed by atoms with Crippen LogP contribution < -0.4 is 0 Å². The highest BCUT2D eigenvalue weighted by molar-refractivity contribution is 9.10. The van der Waals surface area contributed by atoms with Gasteiger partial charge in [-0.05, 0) is 58.2 Å². The second kappa shape index (κ2) is 5.19. The lowest BCUT2D eigenvalue weighted by Crippen LogP contribution is -2.37. The fourth-order valence-electron chi connectivity index (χ4n) is 3.21. The summed E-state index contributed by atoms with van der Waals surface area (Å²) in [4.78, 5) is 0. The number of halogens is 1. The second-order valence-corrected chi connectivity index (χ2v) is 7.59. The van der Waals surface area contributed by atoms with Gasteiger partial charge in [0.1, 0.15) is 0 Å². The highest BCUT2D eigenvalue weighted by atomic mass is 79.9. The molecule has 1 aromatic carbocycles. The minimum atomic E-state index is -0.363. The molecule has 0 bridgehead atoms. The van der Waals surface area contributed by atoms with Crippen LogP contribution in [0.4, 0.5) is 0 Å². The monoisotopic (exact) mass is 326 g/mol. The van der Waals surface area contributed by atoms with Crippen molar-refractivity contribution in [3.05, 3.63) is 34.3 Å². The van der Waals surface area contributed by atoms with Crippen molar-refractivity contribution in [1.29, 1.82) is 0 Å². The summed E-state index contributed by atoms with van der Waals surface area (Å²) in [5.41, 5.74) is 0.754. The molecule has 19 heavy (non-hydrogen) atoms. The Morgan fingerprint density at radius 3 is 2.32 bits per heavy atom. The molecule has 106 valence electrons. The summed E-state index contributed by atoms with van der Waals surface area (Å²) in [6, 6.07) is 8.15. The molecular formula is C16H23BrO2. The van der Waals surface area contributed by atoms with Gasteiger partial charge in [0.25, 0.3) is 0 Å². The SMILES string of the molecule is CC1(C)CC(C(O)Cc2ccc(Br)cc2)C(C)(C)O1. The molecule has 1 fully saturated rings. The zero-order valence-electron chi connectivity index (χ0n) is 12.1. The Hall–Kier alpha value is -0.380. The number of aliphatic hydroxyl groups excluding tert-OH is 1. The molecule has 0 amide bonds. The van der Waals surface area contributed by atoms with Crippen LogP contribution in [0, 0.1) is 5.92 Å². The molecule has 0 spiro atoms. The molecule has 0 saturated carbocycles. The van der Waals surface area contributed by atoms with Crippen molar-refractivity contribution in [2.24, 2.45) is 5.92 Å². The van der Waals surface area contributed by atoms with Crippen LogP contribution in [0.1, 0.15) is 39.7 Å². The largest absolute Gasteiger partial charge is 0.392 e. The van der Waals surface area contributed by atoms with Crippen LogP contribution in [0.25, 0.3) is 0 Å². The predicted molar refractivity (Wildman–Crippen MR) is 81.2 cm³/mol. The van der Waals surface area contributed by atoms with Gasteiger partial charge in [0, 0.05) is 10.4 Å². The molecule has 1 aromatic rings. The third kappa shape index (κ3) is 3.59. The summed E-state index contributed by atoms with van der Waals surface area (Å²) in [7, 11) is 0. The first-order chi connectivity index (χ1) is 8.70. The molecule has 0 radical (unpaired) electrons. The van der Waals surface area contributed by atoms with E-state index in [2.05, 4.69) is 55.8 Å². The third-order valence-corrected chi connectivity index (χ3v) is 4.50. The summed E-state index contributed by atoms with van der Waals surface area (Å²) < 4.78 is 7.13. The van der Waals surface area contributed by atoms with Gasteiger partial charge >= 0.3 is 0 Å². The Morgan fingerprint density at radius 1 is 1.26 bits per heavy atom. The first kappa shape index (κ1) is 15.0. The van der Waals surface area contributed by atoms with E-state index >= 15 is 0 Å². The van der Waals surface area contributed by atoms with Crippen molar-refractivity contribution in [3.63, 3.8) is 0 Å². The maximum Gasteiger partial charge on any atom is 0.0687 e. The third-order valence-electron chi connectivity index (χ3n) is 3.97. The average molecular weight is 327 g/mol. The predicted octanol–water partition coefficient (Wildman–Crippen LogP) is 3.95. The Morgan fingerprint density at radius 2 is 1.84 bits per heavy atom. The van der Waals surface area contributed by atoms with Crippen LogP contribution in [-0.2, 0) is 11.2 Å². The number of benzene rings is 1. The quantitative estimate of drug-likeness (QED) is 0.911. The standard InChI is InChI=1S/C16H23BrO2/c1-15(2)10-13(16(3,4)19-15)14(18)9-11-5-7-12(17)8-6-11/h5-8,13-14,18H,9-10H2,1-4H3. The minimum absolute atomic E-state index is 0.144. The number of hydrogen-bond acceptors (Lipinski definition) is 2. The van der Waals surface area contributed by atoms with Crippen molar-refractivity contribution >= 4 is 15.9 Å². The van der Waals surface area contributed by atoms with E-state index in [9.17, 15) is 5.11 Å². The first-order valence-corrected chi connectivity index (χ1v) is 7.62. The summed E-state index contributed by atoms with van der Waals surface area (Å²) in [6.45, 7) is 8.36. The van der Waals surface area contributed by atoms with Crippen LogP contribution in [-0.4, -0.2) is 22.4 Å². The lowest BCUT2D eigenvalue weighted by molar-refractivity contribution is -0.0873. The minimum Gasteiger partial charge on any atom is -0.392 e. The van der Waals surface area contributed by atoms with Crippen LogP contribution in [0.3, 0.4) is 0 Å². The molecule has 2 unspecified atom stereocenters. The summed E-state index contributed by atoms with van der Waals surface area (Å²) in [6.07, 6.45) is 1.22. The normalized spacial score (nSPS) is 26.3. The average Bonchev–Trinajstić information content (AvgIpc) is 2.50. The molecule has 2 atom stereocenters. The van der Waals surface area contributed by atoms with E-state index < -0.39 is 0 Å². The molecular weight excluding hydrogens is 304 g/mol. The van der Waals surface area contributed by atoms with Gasteiger partial charge in [0.05, 0.1) is 17.3 Å². The number of aliphatic hydroxyl groups is 1. The molecule has 2 rings (SSSR count). The molecule has 1 aliphatic rings. The van der Waals surface area contributed by atoms with Crippen molar-refractivity contribution in [3.8, 4) is 0 Å². The van der Waals surface area contributed by atoms with Gasteiger partial charge in [-0.3, -0.25) is 0 Å². The molecule has 1 heterocycles. The van der Waals surface area contributed by atoms with Crippen LogP contribution in [0.15, 0.2) is 28.7 Å². The molecule has 2 nitrogen and oxygen atoms in total. The fourth-order valence-corrected chi connectivity index (χ4v) is 3.47. The van der Waals surface area contributed by atoms with E-state index in [1.54, 1.807) is 0 Å². The lowest BCUT2D eigenvalue weighted by atomic mass is 9.81. The van der Waals surface area contributed by atoms with Gasteiger partial charge in [-0.2, -0.15) is 0 Å². The van der Waals surface area contributed by atoms with Crippen molar-refractivity contribution in [2.75, 3.05) is 0 Å². The van der Waals surface area contributed by atoms with Crippen LogP contribution >= 0.6 is 15.9 Å². The number of ether oxygens (including phenoxy) is 1. The van der Waals surface area contributed by atoms with E-state index in [4.69, 9.17) is 4.74 Å². The van der Waals surface area contributed by atoms with Crippen molar-refractivity contribution in [1.82, 2.24) is 0 Å². The summed E-state index contributed by atoms with van der Waals surface area (Å²) in [5, 5.41) is 10.5. The molecule has 1 aliphatic heterocycles. The van der Waals surface area contributed by atoms with Gasteiger partial charge in [0.2, 0.25) is 0 Å².